The summed E-state index contributed by atoms with van der Waals surface area (Å²) in [5, 5.41) is 6.39. The molecule has 0 bridgehead atoms. The molecule has 0 aliphatic heterocycles. The van der Waals surface area contributed by atoms with Gasteiger partial charge >= 0.3 is 6.36 Å². The minimum Gasteiger partial charge on any atom is -0.406 e. The van der Waals surface area contributed by atoms with Crippen molar-refractivity contribution in [2.24, 2.45) is 0 Å². The molecule has 0 radical (unpaired) electrons. The Bertz CT molecular complexity index is 700. The molecule has 0 aliphatic carbocycles. The Morgan fingerprint density at radius 1 is 1.00 bits per heavy atom. The van der Waals surface area contributed by atoms with Crippen molar-refractivity contribution in [2.45, 2.75) is 26.1 Å². The van der Waals surface area contributed by atoms with Crippen molar-refractivity contribution in [2.75, 3.05) is 10.6 Å². The van der Waals surface area contributed by atoms with Crippen molar-refractivity contribution in [3.63, 3.8) is 0 Å². The first-order chi connectivity index (χ1) is 11.2. The van der Waals surface area contributed by atoms with Crippen LogP contribution in [-0.2, 0) is 0 Å². The van der Waals surface area contributed by atoms with Crippen LogP contribution in [0.15, 0.2) is 48.5 Å². The Morgan fingerprint density at radius 2 is 1.62 bits per heavy atom. The normalized spacial score (nSPS) is 11.2. The second kappa shape index (κ2) is 7.53. The molecule has 0 amide bonds. The highest BCUT2D eigenvalue weighted by atomic mass is 32.1. The van der Waals surface area contributed by atoms with Crippen molar-refractivity contribution in [3.05, 3.63) is 54.1 Å². The average Bonchev–Trinajstić information content (AvgIpc) is 2.48. The fourth-order valence-corrected chi connectivity index (χ4v) is 2.37. The van der Waals surface area contributed by atoms with Gasteiger partial charge < -0.3 is 15.4 Å². The van der Waals surface area contributed by atoms with Crippen LogP contribution in [0.5, 0.6) is 5.75 Å². The number of anilines is 2. The molecule has 24 heavy (non-hydrogen) atoms. The summed E-state index contributed by atoms with van der Waals surface area (Å²) in [6.45, 7) is 4.16. The molecule has 2 rings (SSSR count). The number of halogens is 3. The van der Waals surface area contributed by atoms with Crippen LogP contribution in [0.25, 0.3) is 0 Å². The lowest BCUT2D eigenvalue weighted by atomic mass is 10.0. The smallest absolute Gasteiger partial charge is 0.406 e. The first-order valence-electron chi connectivity index (χ1n) is 7.27. The highest BCUT2D eigenvalue weighted by Gasteiger charge is 2.30. The molecule has 0 saturated heterocycles. The van der Waals surface area contributed by atoms with E-state index in [1.165, 1.54) is 24.3 Å². The number of hydrogen-bond acceptors (Lipinski definition) is 2. The van der Waals surface area contributed by atoms with E-state index in [9.17, 15) is 13.2 Å². The van der Waals surface area contributed by atoms with Crippen molar-refractivity contribution in [3.8, 4) is 5.75 Å². The zero-order chi connectivity index (χ0) is 17.7. The van der Waals surface area contributed by atoms with E-state index in [1.807, 2.05) is 24.3 Å². The van der Waals surface area contributed by atoms with Gasteiger partial charge in [0.25, 0.3) is 0 Å². The molecular weight excluding hydrogens is 337 g/mol. The number of ether oxygens (including phenoxy) is 1. The lowest BCUT2D eigenvalue weighted by molar-refractivity contribution is -0.274. The highest BCUT2D eigenvalue weighted by Crippen LogP contribution is 2.25. The van der Waals surface area contributed by atoms with Gasteiger partial charge in [0, 0.05) is 11.4 Å². The zero-order valence-electron chi connectivity index (χ0n) is 13.1. The summed E-state index contributed by atoms with van der Waals surface area (Å²) in [4.78, 5) is 0. The van der Waals surface area contributed by atoms with Gasteiger partial charge in [0.2, 0.25) is 0 Å². The van der Waals surface area contributed by atoms with E-state index in [-0.39, 0.29) is 5.75 Å². The summed E-state index contributed by atoms with van der Waals surface area (Å²) in [6.07, 6.45) is -4.70. The maximum absolute atomic E-state index is 12.1. The second-order valence-corrected chi connectivity index (χ2v) is 5.80. The third kappa shape index (κ3) is 5.42. The van der Waals surface area contributed by atoms with Gasteiger partial charge in [-0.15, -0.1) is 13.2 Å². The molecule has 2 N–H and O–H groups in total. The Balaban J connectivity index is 2.00. The van der Waals surface area contributed by atoms with Crippen LogP contribution in [-0.4, -0.2) is 11.5 Å². The van der Waals surface area contributed by atoms with Crippen molar-refractivity contribution in [1.82, 2.24) is 0 Å². The number of thiocarbonyl (C=S) groups is 1. The largest absolute Gasteiger partial charge is 0.573 e. The number of para-hydroxylation sites is 1. The van der Waals surface area contributed by atoms with Crippen molar-refractivity contribution in [1.29, 1.82) is 0 Å². The maximum atomic E-state index is 12.1. The molecule has 0 fully saturated rings. The molecule has 7 heteroatoms. The predicted molar refractivity (Wildman–Crippen MR) is 93.5 cm³/mol. The van der Waals surface area contributed by atoms with Crippen LogP contribution in [0.1, 0.15) is 25.3 Å². The predicted octanol–water partition coefficient (Wildman–Crippen LogP) is 5.52. The van der Waals surface area contributed by atoms with Gasteiger partial charge in [0.15, 0.2) is 5.11 Å². The van der Waals surface area contributed by atoms with Crippen LogP contribution in [0.3, 0.4) is 0 Å². The molecule has 0 unspecified atom stereocenters. The number of alkyl halides is 3. The first kappa shape index (κ1) is 18.1. The van der Waals surface area contributed by atoms with Crippen LogP contribution < -0.4 is 15.4 Å². The standard InChI is InChI=1S/C17H17F3N2OS/c1-11(2)14-5-3-4-6-15(14)22-16(24)21-12-7-9-13(10-8-12)23-17(18,19)20/h3-11H,1-2H3,(H2,21,22,24). The van der Waals surface area contributed by atoms with Gasteiger partial charge in [-0.3, -0.25) is 0 Å². The summed E-state index contributed by atoms with van der Waals surface area (Å²) in [5.41, 5.74) is 2.57. The lowest BCUT2D eigenvalue weighted by Gasteiger charge is -2.16. The molecule has 0 saturated carbocycles. The average molecular weight is 354 g/mol. The van der Waals surface area contributed by atoms with Gasteiger partial charge in [-0.2, -0.15) is 0 Å². The van der Waals surface area contributed by atoms with Crippen LogP contribution in [0, 0.1) is 0 Å². The third-order valence-corrected chi connectivity index (χ3v) is 3.38. The summed E-state index contributed by atoms with van der Waals surface area (Å²) < 4.78 is 40.2. The highest BCUT2D eigenvalue weighted by molar-refractivity contribution is 7.80. The van der Waals surface area contributed by atoms with E-state index >= 15 is 0 Å². The van der Waals surface area contributed by atoms with E-state index in [0.29, 0.717) is 16.7 Å². The number of nitrogens with one attached hydrogen (secondary N) is 2. The van der Waals surface area contributed by atoms with Gasteiger partial charge in [-0.1, -0.05) is 32.0 Å². The van der Waals surface area contributed by atoms with E-state index in [1.54, 1.807) is 0 Å². The maximum Gasteiger partial charge on any atom is 0.573 e. The molecule has 0 atom stereocenters. The van der Waals surface area contributed by atoms with Crippen molar-refractivity contribution < 1.29 is 17.9 Å². The minimum absolute atomic E-state index is 0.280. The summed E-state index contributed by atoms with van der Waals surface area (Å²) in [5.74, 6) is 0.0485. The number of rotatable bonds is 4. The molecular formula is C17H17F3N2OS. The van der Waals surface area contributed by atoms with Gasteiger partial charge in [-0.25, -0.2) is 0 Å². The first-order valence-corrected chi connectivity index (χ1v) is 7.68. The number of hydrogen-bond donors (Lipinski definition) is 2. The third-order valence-electron chi connectivity index (χ3n) is 3.18. The Kier molecular flexibility index (Phi) is 5.66. The molecule has 3 nitrogen and oxygen atoms in total. The Hall–Kier alpha value is -2.28. The fraction of sp³-hybridized carbons (Fsp3) is 0.235. The SMILES string of the molecule is CC(C)c1ccccc1NC(=S)Nc1ccc(OC(F)(F)F)cc1. The van der Waals surface area contributed by atoms with Gasteiger partial charge in [0.05, 0.1) is 0 Å². The molecule has 2 aromatic rings. The molecule has 0 aliphatic rings. The van der Waals surface area contributed by atoms with E-state index in [0.717, 1.165) is 11.3 Å². The van der Waals surface area contributed by atoms with E-state index < -0.39 is 6.36 Å². The van der Waals surface area contributed by atoms with Gasteiger partial charge in [-0.05, 0) is 54.0 Å². The number of benzene rings is 2. The summed E-state index contributed by atoms with van der Waals surface area (Å²) in [7, 11) is 0. The van der Waals surface area contributed by atoms with E-state index in [2.05, 4.69) is 29.2 Å². The summed E-state index contributed by atoms with van der Waals surface area (Å²) >= 11 is 5.25. The van der Waals surface area contributed by atoms with Crippen LogP contribution in [0.2, 0.25) is 0 Å². The zero-order valence-corrected chi connectivity index (χ0v) is 14.0. The molecule has 0 spiro atoms. The molecule has 0 heterocycles. The van der Waals surface area contributed by atoms with Crippen LogP contribution in [0.4, 0.5) is 24.5 Å². The Morgan fingerprint density at radius 3 is 2.21 bits per heavy atom. The van der Waals surface area contributed by atoms with Gasteiger partial charge in [0.1, 0.15) is 5.75 Å². The monoisotopic (exact) mass is 354 g/mol. The lowest BCUT2D eigenvalue weighted by Crippen LogP contribution is -2.20. The minimum atomic E-state index is -4.70. The summed E-state index contributed by atoms with van der Waals surface area (Å²) in [6, 6.07) is 13.2. The Labute approximate surface area is 143 Å². The molecule has 128 valence electrons. The van der Waals surface area contributed by atoms with Crippen molar-refractivity contribution >= 4 is 28.7 Å². The molecule has 0 aromatic heterocycles. The topological polar surface area (TPSA) is 33.3 Å². The second-order valence-electron chi connectivity index (χ2n) is 5.39. The van der Waals surface area contributed by atoms with Crippen LogP contribution >= 0.6 is 12.2 Å². The quantitative estimate of drug-likeness (QED) is 0.709. The van der Waals surface area contributed by atoms with E-state index in [4.69, 9.17) is 12.2 Å². The fourth-order valence-electron chi connectivity index (χ4n) is 2.14. The molecule has 2 aromatic carbocycles.